The maximum atomic E-state index is 3.54. The van der Waals surface area contributed by atoms with Gasteiger partial charge in [0.15, 0.2) is 0 Å². The van der Waals surface area contributed by atoms with Crippen molar-refractivity contribution in [1.82, 2.24) is 5.32 Å². The maximum Gasteiger partial charge on any atom is 0.0210 e. The summed E-state index contributed by atoms with van der Waals surface area (Å²) in [4.78, 5) is 0. The van der Waals surface area contributed by atoms with Crippen molar-refractivity contribution in [3.05, 3.63) is 34.9 Å². The summed E-state index contributed by atoms with van der Waals surface area (Å²) >= 11 is 0. The summed E-state index contributed by atoms with van der Waals surface area (Å²) in [5, 5.41) is 3.54. The van der Waals surface area contributed by atoms with E-state index in [1.165, 1.54) is 29.5 Å². The zero-order valence-corrected chi connectivity index (χ0v) is 11.1. The van der Waals surface area contributed by atoms with E-state index < -0.39 is 0 Å². The molecule has 0 radical (unpaired) electrons. The zero-order chi connectivity index (χ0) is 12.0. The summed E-state index contributed by atoms with van der Waals surface area (Å²) in [6.07, 6.45) is 2.60. The molecule has 0 aliphatic carbocycles. The number of nitrogens with one attached hydrogen (secondary N) is 1. The van der Waals surface area contributed by atoms with E-state index >= 15 is 0 Å². The van der Waals surface area contributed by atoms with E-state index in [0.717, 1.165) is 19.0 Å². The van der Waals surface area contributed by atoms with E-state index in [0.29, 0.717) is 0 Å². The molecule has 0 aliphatic heterocycles. The van der Waals surface area contributed by atoms with Gasteiger partial charge in [-0.05, 0) is 55.8 Å². The Hall–Kier alpha value is -0.820. The van der Waals surface area contributed by atoms with Crippen LogP contribution in [-0.2, 0) is 6.54 Å². The van der Waals surface area contributed by atoms with E-state index in [-0.39, 0.29) is 0 Å². The van der Waals surface area contributed by atoms with Crippen LogP contribution in [0.25, 0.3) is 0 Å². The lowest BCUT2D eigenvalue weighted by molar-refractivity contribution is 0.527. The van der Waals surface area contributed by atoms with E-state index in [9.17, 15) is 0 Å². The van der Waals surface area contributed by atoms with Gasteiger partial charge in [-0.1, -0.05) is 32.0 Å². The molecule has 1 aromatic rings. The quantitative estimate of drug-likeness (QED) is 0.717. The second-order valence-corrected chi connectivity index (χ2v) is 5.08. The molecule has 1 rings (SSSR count). The van der Waals surface area contributed by atoms with E-state index in [1.54, 1.807) is 0 Å². The van der Waals surface area contributed by atoms with Gasteiger partial charge in [0, 0.05) is 6.54 Å². The van der Waals surface area contributed by atoms with Crippen LogP contribution in [0, 0.1) is 19.8 Å². The van der Waals surface area contributed by atoms with Gasteiger partial charge in [0.05, 0.1) is 0 Å². The van der Waals surface area contributed by atoms with Gasteiger partial charge in [-0.2, -0.15) is 0 Å². The smallest absolute Gasteiger partial charge is 0.0210 e. The standard InChI is InChI=1S/C15H25N/c1-12(2)7-6-10-16-11-15-13(3)8-5-9-14(15)4/h5,8-9,12,16H,6-7,10-11H2,1-4H3. The van der Waals surface area contributed by atoms with Crippen LogP contribution in [0.2, 0.25) is 0 Å². The van der Waals surface area contributed by atoms with Crippen molar-refractivity contribution in [2.75, 3.05) is 6.54 Å². The van der Waals surface area contributed by atoms with Gasteiger partial charge < -0.3 is 5.32 Å². The molecule has 0 spiro atoms. The van der Waals surface area contributed by atoms with Gasteiger partial charge in [0.25, 0.3) is 0 Å². The van der Waals surface area contributed by atoms with E-state index in [2.05, 4.69) is 51.2 Å². The van der Waals surface area contributed by atoms with Gasteiger partial charge in [0.1, 0.15) is 0 Å². The van der Waals surface area contributed by atoms with E-state index in [4.69, 9.17) is 0 Å². The van der Waals surface area contributed by atoms with Crippen LogP contribution >= 0.6 is 0 Å². The molecule has 0 saturated heterocycles. The highest BCUT2D eigenvalue weighted by Crippen LogP contribution is 2.12. The van der Waals surface area contributed by atoms with Crippen molar-refractivity contribution in [1.29, 1.82) is 0 Å². The number of rotatable bonds is 6. The Kier molecular flexibility index (Phi) is 5.54. The molecule has 1 nitrogen and oxygen atoms in total. The topological polar surface area (TPSA) is 12.0 Å². The third-order valence-corrected chi connectivity index (χ3v) is 3.08. The van der Waals surface area contributed by atoms with Gasteiger partial charge in [-0.15, -0.1) is 0 Å². The second-order valence-electron chi connectivity index (χ2n) is 5.08. The third kappa shape index (κ3) is 4.36. The van der Waals surface area contributed by atoms with E-state index in [1.807, 2.05) is 0 Å². The summed E-state index contributed by atoms with van der Waals surface area (Å²) in [7, 11) is 0. The molecule has 0 saturated carbocycles. The number of hydrogen-bond donors (Lipinski definition) is 1. The molecule has 0 aliphatic rings. The Bertz CT molecular complexity index is 295. The first-order valence-electron chi connectivity index (χ1n) is 6.37. The Morgan fingerprint density at radius 2 is 1.75 bits per heavy atom. The fourth-order valence-electron chi connectivity index (χ4n) is 1.98. The first-order chi connectivity index (χ1) is 7.61. The van der Waals surface area contributed by atoms with Crippen molar-refractivity contribution >= 4 is 0 Å². The van der Waals surface area contributed by atoms with Gasteiger partial charge in [-0.3, -0.25) is 0 Å². The van der Waals surface area contributed by atoms with Crippen molar-refractivity contribution in [3.8, 4) is 0 Å². The minimum absolute atomic E-state index is 0.821. The molecule has 1 N–H and O–H groups in total. The van der Waals surface area contributed by atoms with Gasteiger partial charge in [-0.25, -0.2) is 0 Å². The molecule has 1 heteroatoms. The lowest BCUT2D eigenvalue weighted by Crippen LogP contribution is -2.16. The number of benzene rings is 1. The van der Waals surface area contributed by atoms with Crippen molar-refractivity contribution in [2.24, 2.45) is 5.92 Å². The van der Waals surface area contributed by atoms with Crippen LogP contribution < -0.4 is 5.32 Å². The molecular formula is C15H25N. The lowest BCUT2D eigenvalue weighted by atomic mass is 10.0. The summed E-state index contributed by atoms with van der Waals surface area (Å²) < 4.78 is 0. The SMILES string of the molecule is Cc1cccc(C)c1CNCCCC(C)C. The Morgan fingerprint density at radius 1 is 1.12 bits per heavy atom. The summed E-state index contributed by atoms with van der Waals surface area (Å²) in [5.41, 5.74) is 4.26. The molecular weight excluding hydrogens is 194 g/mol. The minimum atomic E-state index is 0.821. The molecule has 16 heavy (non-hydrogen) atoms. The summed E-state index contributed by atoms with van der Waals surface area (Å²) in [6.45, 7) is 11.1. The van der Waals surface area contributed by atoms with Crippen LogP contribution in [0.4, 0.5) is 0 Å². The highest BCUT2D eigenvalue weighted by molar-refractivity contribution is 5.33. The molecule has 1 aromatic carbocycles. The Balaban J connectivity index is 2.32. The summed E-state index contributed by atoms with van der Waals surface area (Å²) in [5.74, 6) is 0.821. The van der Waals surface area contributed by atoms with Gasteiger partial charge >= 0.3 is 0 Å². The third-order valence-electron chi connectivity index (χ3n) is 3.08. The van der Waals surface area contributed by atoms with Gasteiger partial charge in [0.2, 0.25) is 0 Å². The summed E-state index contributed by atoms with van der Waals surface area (Å²) in [6, 6.07) is 6.52. The maximum absolute atomic E-state index is 3.54. The van der Waals surface area contributed by atoms with Crippen LogP contribution in [0.1, 0.15) is 43.4 Å². The lowest BCUT2D eigenvalue weighted by Gasteiger charge is -2.11. The number of aryl methyl sites for hydroxylation is 2. The normalized spacial score (nSPS) is 11.1. The molecule has 0 amide bonds. The molecule has 0 heterocycles. The first kappa shape index (κ1) is 13.2. The Labute approximate surface area is 100 Å². The van der Waals surface area contributed by atoms with Crippen LogP contribution in [0.5, 0.6) is 0 Å². The number of hydrogen-bond acceptors (Lipinski definition) is 1. The molecule has 0 bridgehead atoms. The van der Waals surface area contributed by atoms with Crippen molar-refractivity contribution in [2.45, 2.75) is 47.1 Å². The fraction of sp³-hybridized carbons (Fsp3) is 0.600. The average molecular weight is 219 g/mol. The monoisotopic (exact) mass is 219 g/mol. The fourth-order valence-corrected chi connectivity index (χ4v) is 1.98. The predicted molar refractivity (Wildman–Crippen MR) is 71.7 cm³/mol. The molecule has 0 atom stereocenters. The van der Waals surface area contributed by atoms with Crippen LogP contribution in [0.3, 0.4) is 0 Å². The highest BCUT2D eigenvalue weighted by atomic mass is 14.8. The largest absolute Gasteiger partial charge is 0.313 e. The van der Waals surface area contributed by atoms with Crippen LogP contribution in [-0.4, -0.2) is 6.54 Å². The molecule has 0 fully saturated rings. The molecule has 90 valence electrons. The average Bonchev–Trinajstić information content (AvgIpc) is 2.21. The van der Waals surface area contributed by atoms with Crippen LogP contribution in [0.15, 0.2) is 18.2 Å². The minimum Gasteiger partial charge on any atom is -0.313 e. The predicted octanol–water partition coefficient (Wildman–Crippen LogP) is 3.83. The first-order valence-corrected chi connectivity index (χ1v) is 6.37. The molecule has 0 unspecified atom stereocenters. The Morgan fingerprint density at radius 3 is 2.31 bits per heavy atom. The van der Waals surface area contributed by atoms with Crippen molar-refractivity contribution in [3.63, 3.8) is 0 Å². The zero-order valence-electron chi connectivity index (χ0n) is 11.1. The second kappa shape index (κ2) is 6.70. The van der Waals surface area contributed by atoms with Crippen molar-refractivity contribution < 1.29 is 0 Å². The highest BCUT2D eigenvalue weighted by Gasteiger charge is 2.01. The molecule has 0 aromatic heterocycles.